The van der Waals surface area contributed by atoms with Gasteiger partial charge in [-0.1, -0.05) is 11.6 Å². The maximum Gasteiger partial charge on any atom is 0.408 e. The number of hydrogen-bond donors (Lipinski definition) is 1. The molecule has 0 bridgehead atoms. The molecule has 11 heteroatoms. The van der Waals surface area contributed by atoms with Crippen molar-refractivity contribution in [3.05, 3.63) is 40.0 Å². The Morgan fingerprint density at radius 2 is 2.03 bits per heavy atom. The van der Waals surface area contributed by atoms with Gasteiger partial charge in [-0.25, -0.2) is 14.8 Å². The molecule has 1 amide bonds. The Kier molecular flexibility index (Phi) is 5.12. The summed E-state index contributed by atoms with van der Waals surface area (Å²) >= 11 is 10.00. The predicted octanol–water partition coefficient (Wildman–Crippen LogP) is 4.21. The van der Waals surface area contributed by atoms with Gasteiger partial charge in [0.05, 0.1) is 27.4 Å². The van der Waals surface area contributed by atoms with Crippen LogP contribution in [0.15, 0.2) is 29.3 Å². The first-order chi connectivity index (χ1) is 15.2. The highest BCUT2D eigenvalue weighted by Crippen LogP contribution is 2.51. The number of imidazole rings is 1. The molecule has 3 aromatic rings. The van der Waals surface area contributed by atoms with Gasteiger partial charge in [-0.3, -0.25) is 9.08 Å². The summed E-state index contributed by atoms with van der Waals surface area (Å²) in [6.45, 7) is 7.85. The zero-order valence-corrected chi connectivity index (χ0v) is 20.5. The lowest BCUT2D eigenvalue weighted by molar-refractivity contribution is 0.0423. The lowest BCUT2D eigenvalue weighted by Crippen LogP contribution is -2.48. The molecule has 2 aliphatic heterocycles. The molecule has 2 aliphatic rings. The number of piperidine rings is 1. The predicted molar refractivity (Wildman–Crippen MR) is 124 cm³/mol. The van der Waals surface area contributed by atoms with Crippen LogP contribution in [0.25, 0.3) is 5.65 Å². The van der Waals surface area contributed by atoms with Crippen LogP contribution < -0.4 is 10.2 Å². The van der Waals surface area contributed by atoms with Gasteiger partial charge in [0.1, 0.15) is 5.60 Å². The standard InChI is InChI=1S/C21H25BrClN7O2/c1-20(2,3)32-19(31)27-16-15-14(23)11-26-30(15)12-21(16)4-7-28(8-5-21)18-25-10-13(22)17-24-6-9-29(17)18/h6,9-11,16H,4-5,7-8,12H2,1-3H3,(H,27,31)/t16-/m1/s1. The molecule has 32 heavy (non-hydrogen) atoms. The SMILES string of the molecule is CC(C)(C)OC(=O)N[C@@H]1c2c(Cl)cnn2CC12CCN(c1ncc(Br)c3nccn13)CC2. The third kappa shape index (κ3) is 3.63. The number of ether oxygens (including phenoxy) is 1. The zero-order valence-electron chi connectivity index (χ0n) is 18.2. The molecule has 0 aliphatic carbocycles. The zero-order chi connectivity index (χ0) is 22.7. The topological polar surface area (TPSA) is 89.6 Å². The van der Waals surface area contributed by atoms with E-state index < -0.39 is 11.7 Å². The number of nitrogens with one attached hydrogen (secondary N) is 1. The summed E-state index contributed by atoms with van der Waals surface area (Å²) in [5.74, 6) is 0.862. The highest BCUT2D eigenvalue weighted by molar-refractivity contribution is 9.10. The maximum atomic E-state index is 12.7. The molecular formula is C21H25BrClN7O2. The molecule has 1 saturated heterocycles. The van der Waals surface area contributed by atoms with Gasteiger partial charge in [-0.2, -0.15) is 5.10 Å². The Balaban J connectivity index is 1.40. The number of carbonyl (C=O) groups excluding carboxylic acids is 1. The van der Waals surface area contributed by atoms with E-state index in [-0.39, 0.29) is 11.5 Å². The quantitative estimate of drug-likeness (QED) is 0.542. The second-order valence-corrected chi connectivity index (χ2v) is 10.8. The molecule has 1 atom stereocenters. The van der Waals surface area contributed by atoms with E-state index >= 15 is 0 Å². The summed E-state index contributed by atoms with van der Waals surface area (Å²) < 4.78 is 10.3. The molecule has 0 aromatic carbocycles. The lowest BCUT2D eigenvalue weighted by atomic mass is 9.73. The van der Waals surface area contributed by atoms with Gasteiger partial charge in [-0.05, 0) is 49.5 Å². The van der Waals surface area contributed by atoms with Crippen LogP contribution >= 0.6 is 27.5 Å². The number of nitrogens with zero attached hydrogens (tertiary/aromatic N) is 6. The highest BCUT2D eigenvalue weighted by atomic mass is 79.9. The van der Waals surface area contributed by atoms with Crippen molar-refractivity contribution in [1.29, 1.82) is 0 Å². The molecule has 0 radical (unpaired) electrons. The molecule has 0 saturated carbocycles. The van der Waals surface area contributed by atoms with Crippen molar-refractivity contribution in [2.24, 2.45) is 5.41 Å². The first-order valence-corrected chi connectivity index (χ1v) is 11.8. The fourth-order valence-corrected chi connectivity index (χ4v) is 5.47. The average molecular weight is 523 g/mol. The lowest BCUT2D eigenvalue weighted by Gasteiger charge is -2.43. The van der Waals surface area contributed by atoms with Crippen LogP contribution in [0, 0.1) is 5.41 Å². The molecule has 1 spiro atoms. The third-order valence-electron chi connectivity index (χ3n) is 6.25. The van der Waals surface area contributed by atoms with Crippen LogP contribution in [0.3, 0.4) is 0 Å². The summed E-state index contributed by atoms with van der Waals surface area (Å²) in [7, 11) is 0. The number of alkyl carbamates (subject to hydrolysis) is 1. The van der Waals surface area contributed by atoms with Gasteiger partial charge in [0.2, 0.25) is 5.95 Å². The molecule has 9 nitrogen and oxygen atoms in total. The summed E-state index contributed by atoms with van der Waals surface area (Å²) in [6, 6.07) is -0.263. The number of hydrogen-bond acceptors (Lipinski definition) is 6. The summed E-state index contributed by atoms with van der Waals surface area (Å²) in [5.41, 5.74) is 0.925. The summed E-state index contributed by atoms with van der Waals surface area (Å²) in [6.07, 6.45) is 8.39. The molecule has 3 aromatic heterocycles. The van der Waals surface area contributed by atoms with E-state index in [0.29, 0.717) is 11.6 Å². The van der Waals surface area contributed by atoms with Gasteiger partial charge in [-0.15, -0.1) is 0 Å². The second kappa shape index (κ2) is 7.62. The molecule has 0 unspecified atom stereocenters. The Hall–Kier alpha value is -2.33. The van der Waals surface area contributed by atoms with Crippen molar-refractivity contribution >= 4 is 45.2 Å². The number of aromatic nitrogens is 5. The molecule has 5 heterocycles. The molecule has 1 fully saturated rings. The number of amides is 1. The van der Waals surface area contributed by atoms with E-state index in [4.69, 9.17) is 16.3 Å². The van der Waals surface area contributed by atoms with Crippen LogP contribution in [-0.4, -0.2) is 48.9 Å². The van der Waals surface area contributed by atoms with Crippen LogP contribution in [-0.2, 0) is 11.3 Å². The Morgan fingerprint density at radius 3 is 2.75 bits per heavy atom. The number of anilines is 1. The average Bonchev–Trinajstić information content (AvgIpc) is 3.40. The van der Waals surface area contributed by atoms with Crippen LogP contribution in [0.2, 0.25) is 5.02 Å². The van der Waals surface area contributed by atoms with Gasteiger partial charge >= 0.3 is 6.09 Å². The Bertz CT molecular complexity index is 1180. The minimum Gasteiger partial charge on any atom is -0.444 e. The van der Waals surface area contributed by atoms with Crippen LogP contribution in [0.5, 0.6) is 0 Å². The summed E-state index contributed by atoms with van der Waals surface area (Å²) in [5, 5.41) is 8.12. The first-order valence-electron chi connectivity index (χ1n) is 10.6. The van der Waals surface area contributed by atoms with Gasteiger partial charge in [0.15, 0.2) is 5.65 Å². The second-order valence-electron chi connectivity index (χ2n) is 9.49. The maximum absolute atomic E-state index is 12.7. The molecular weight excluding hydrogens is 498 g/mol. The van der Waals surface area contributed by atoms with Crippen molar-refractivity contribution in [2.45, 2.75) is 51.8 Å². The molecule has 170 valence electrons. The van der Waals surface area contributed by atoms with Crippen molar-refractivity contribution in [2.75, 3.05) is 18.0 Å². The summed E-state index contributed by atoms with van der Waals surface area (Å²) in [4.78, 5) is 24.0. The molecule has 1 N–H and O–H groups in total. The van der Waals surface area contributed by atoms with Crippen LogP contribution in [0.4, 0.5) is 10.7 Å². The Morgan fingerprint density at radius 1 is 1.28 bits per heavy atom. The van der Waals surface area contributed by atoms with Gasteiger partial charge in [0, 0.05) is 43.6 Å². The van der Waals surface area contributed by atoms with E-state index in [1.54, 1.807) is 18.6 Å². The highest BCUT2D eigenvalue weighted by Gasteiger charge is 2.51. The number of fused-ring (bicyclic) bond motifs is 2. The largest absolute Gasteiger partial charge is 0.444 e. The first kappa shape index (κ1) is 21.5. The smallest absolute Gasteiger partial charge is 0.408 e. The van der Waals surface area contributed by atoms with Crippen molar-refractivity contribution < 1.29 is 9.53 Å². The third-order valence-corrected chi connectivity index (χ3v) is 7.10. The van der Waals surface area contributed by atoms with Gasteiger partial charge in [0.25, 0.3) is 0 Å². The number of halogens is 2. The van der Waals surface area contributed by atoms with Crippen molar-refractivity contribution in [1.82, 2.24) is 29.5 Å². The van der Waals surface area contributed by atoms with Crippen molar-refractivity contribution in [3.8, 4) is 0 Å². The number of rotatable bonds is 2. The monoisotopic (exact) mass is 521 g/mol. The van der Waals surface area contributed by atoms with E-state index in [1.807, 2.05) is 36.1 Å². The fourth-order valence-electron chi connectivity index (χ4n) is 4.82. The van der Waals surface area contributed by atoms with E-state index in [2.05, 4.69) is 41.2 Å². The Labute approximate surface area is 199 Å². The van der Waals surface area contributed by atoms with E-state index in [9.17, 15) is 4.79 Å². The van der Waals surface area contributed by atoms with Gasteiger partial charge < -0.3 is 15.0 Å². The molecule has 5 rings (SSSR count). The minimum absolute atomic E-state index is 0.190. The minimum atomic E-state index is -0.577. The van der Waals surface area contributed by atoms with E-state index in [1.165, 1.54) is 0 Å². The van der Waals surface area contributed by atoms with Crippen LogP contribution in [0.1, 0.15) is 45.3 Å². The normalized spacial score (nSPS) is 20.0. The fraction of sp³-hybridized carbons (Fsp3) is 0.524. The van der Waals surface area contributed by atoms with E-state index in [0.717, 1.165) is 47.7 Å². The van der Waals surface area contributed by atoms with Crippen molar-refractivity contribution in [3.63, 3.8) is 0 Å². The number of carbonyl (C=O) groups is 1.